The second-order valence-corrected chi connectivity index (χ2v) is 9.87. The number of hydrogen-bond acceptors (Lipinski definition) is 5. The number of nitrogens with zero attached hydrogens (tertiary/aromatic N) is 2. The Morgan fingerprint density at radius 1 is 1.14 bits per heavy atom. The first-order chi connectivity index (χ1) is 13.2. The largest absolute Gasteiger partial charge is 0.352 e. The van der Waals surface area contributed by atoms with Gasteiger partial charge in [-0.2, -0.15) is 0 Å². The van der Waals surface area contributed by atoms with E-state index in [1.165, 1.54) is 4.88 Å². The predicted octanol–water partition coefficient (Wildman–Crippen LogP) is 3.07. The molecule has 0 unspecified atom stereocenters. The lowest BCUT2D eigenvalue weighted by Crippen LogP contribution is -2.36. The van der Waals surface area contributed by atoms with Gasteiger partial charge in [-0.05, 0) is 38.8 Å². The van der Waals surface area contributed by atoms with Crippen LogP contribution in [0.15, 0.2) is 29.3 Å². The molecule has 0 atom stereocenters. The molecule has 0 saturated heterocycles. The molecule has 0 bridgehead atoms. The van der Waals surface area contributed by atoms with E-state index in [4.69, 9.17) is 0 Å². The van der Waals surface area contributed by atoms with Crippen LogP contribution in [0.2, 0.25) is 0 Å². The van der Waals surface area contributed by atoms with E-state index in [1.807, 2.05) is 45.0 Å². The average molecular weight is 552 g/mol. The topological polar surface area (TPSA) is 95.5 Å². The molecule has 2 aromatic rings. The predicted molar refractivity (Wildman–Crippen MR) is 131 cm³/mol. The summed E-state index contributed by atoms with van der Waals surface area (Å²) < 4.78 is 27.2. The molecule has 1 aromatic heterocycles. The van der Waals surface area contributed by atoms with Crippen LogP contribution in [0.4, 0.5) is 0 Å². The Balaban J connectivity index is 0.00000420. The van der Waals surface area contributed by atoms with Gasteiger partial charge in [-0.3, -0.25) is 4.99 Å². The molecular weight excluding hydrogens is 521 g/mol. The summed E-state index contributed by atoms with van der Waals surface area (Å²) in [5, 5.41) is 7.50. The van der Waals surface area contributed by atoms with E-state index in [2.05, 4.69) is 32.3 Å². The first kappa shape index (κ1) is 25.8. The maximum absolute atomic E-state index is 12.3. The average Bonchev–Trinajstić information content (AvgIpc) is 2.92. The number of aliphatic imine (C=N–C) groups is 1. The molecular formula is C19H30IN5O2S2. The van der Waals surface area contributed by atoms with Crippen LogP contribution in [-0.2, 0) is 28.9 Å². The molecule has 0 saturated carbocycles. The molecule has 0 spiro atoms. The van der Waals surface area contributed by atoms with E-state index in [9.17, 15) is 8.42 Å². The third kappa shape index (κ3) is 8.57. The van der Waals surface area contributed by atoms with E-state index in [-0.39, 0.29) is 35.8 Å². The van der Waals surface area contributed by atoms with Crippen LogP contribution in [0.25, 0.3) is 0 Å². The Kier molecular flexibility index (Phi) is 10.5. The number of benzene rings is 1. The van der Waals surface area contributed by atoms with Gasteiger partial charge in [0.15, 0.2) is 5.96 Å². The Morgan fingerprint density at radius 3 is 2.31 bits per heavy atom. The number of rotatable bonds is 8. The summed E-state index contributed by atoms with van der Waals surface area (Å²) in [5.41, 5.74) is 2.74. The van der Waals surface area contributed by atoms with E-state index in [0.717, 1.165) is 21.8 Å². The monoisotopic (exact) mass is 551 g/mol. The van der Waals surface area contributed by atoms with E-state index in [0.29, 0.717) is 19.0 Å². The Hall–Kier alpha value is -1.24. The van der Waals surface area contributed by atoms with Gasteiger partial charge in [-0.25, -0.2) is 18.1 Å². The molecule has 3 N–H and O–H groups in total. The summed E-state index contributed by atoms with van der Waals surface area (Å²) in [5.74, 6) is 0.593. The van der Waals surface area contributed by atoms with E-state index in [1.54, 1.807) is 18.4 Å². The quantitative estimate of drug-likeness (QED) is 0.266. The van der Waals surface area contributed by atoms with Gasteiger partial charge in [-0.1, -0.05) is 24.3 Å². The first-order valence-corrected chi connectivity index (χ1v) is 11.6. The lowest BCUT2D eigenvalue weighted by molar-refractivity contribution is 0.568. The SMILES string of the molecule is CN=C(NCc1nc(C)c(C)s1)NCc1ccccc1CS(=O)(=O)NC(C)C.I. The van der Waals surface area contributed by atoms with Crippen LogP contribution >= 0.6 is 35.3 Å². The molecule has 0 aliphatic heterocycles. The van der Waals surface area contributed by atoms with Crippen molar-refractivity contribution in [2.24, 2.45) is 4.99 Å². The molecule has 7 nitrogen and oxygen atoms in total. The van der Waals surface area contributed by atoms with Crippen molar-refractivity contribution in [2.75, 3.05) is 7.05 Å². The van der Waals surface area contributed by atoms with Gasteiger partial charge in [-0.15, -0.1) is 35.3 Å². The van der Waals surface area contributed by atoms with Gasteiger partial charge in [0.1, 0.15) is 5.01 Å². The minimum Gasteiger partial charge on any atom is -0.352 e. The minimum absolute atomic E-state index is 0. The van der Waals surface area contributed by atoms with Crippen molar-refractivity contribution >= 4 is 51.3 Å². The summed E-state index contributed by atoms with van der Waals surface area (Å²) in [6.45, 7) is 8.75. The van der Waals surface area contributed by atoms with Crippen molar-refractivity contribution in [3.63, 3.8) is 0 Å². The molecule has 0 aliphatic rings. The fourth-order valence-electron chi connectivity index (χ4n) is 2.65. The van der Waals surface area contributed by atoms with Crippen LogP contribution in [0.1, 0.15) is 40.6 Å². The van der Waals surface area contributed by atoms with Crippen LogP contribution in [-0.4, -0.2) is 32.5 Å². The second kappa shape index (κ2) is 11.8. The summed E-state index contributed by atoms with van der Waals surface area (Å²) >= 11 is 1.66. The van der Waals surface area contributed by atoms with Crippen molar-refractivity contribution in [3.05, 3.63) is 51.0 Å². The Bertz CT molecular complexity index is 907. The number of aromatic nitrogens is 1. The minimum atomic E-state index is -3.38. The van der Waals surface area contributed by atoms with Crippen molar-refractivity contribution in [3.8, 4) is 0 Å². The molecule has 162 valence electrons. The smallest absolute Gasteiger partial charge is 0.216 e. The molecule has 0 fully saturated rings. The zero-order chi connectivity index (χ0) is 20.7. The number of nitrogens with one attached hydrogen (secondary N) is 3. The van der Waals surface area contributed by atoms with Gasteiger partial charge in [0.2, 0.25) is 10.0 Å². The lowest BCUT2D eigenvalue weighted by Gasteiger charge is -2.15. The molecule has 1 heterocycles. The number of thiazole rings is 1. The maximum Gasteiger partial charge on any atom is 0.216 e. The van der Waals surface area contributed by atoms with Gasteiger partial charge in [0.05, 0.1) is 18.0 Å². The molecule has 2 rings (SSSR count). The zero-order valence-corrected chi connectivity index (χ0v) is 21.4. The number of guanidine groups is 1. The highest BCUT2D eigenvalue weighted by molar-refractivity contribution is 14.0. The highest BCUT2D eigenvalue weighted by Crippen LogP contribution is 2.16. The fourth-order valence-corrected chi connectivity index (χ4v) is 5.02. The highest BCUT2D eigenvalue weighted by Gasteiger charge is 2.15. The lowest BCUT2D eigenvalue weighted by atomic mass is 10.1. The number of aryl methyl sites for hydroxylation is 2. The van der Waals surface area contributed by atoms with Gasteiger partial charge < -0.3 is 10.6 Å². The summed E-state index contributed by atoms with van der Waals surface area (Å²) in [6, 6.07) is 7.39. The van der Waals surface area contributed by atoms with Gasteiger partial charge >= 0.3 is 0 Å². The van der Waals surface area contributed by atoms with Gasteiger partial charge in [0, 0.05) is 24.5 Å². The molecule has 29 heavy (non-hydrogen) atoms. The Labute approximate surface area is 194 Å². The number of hydrogen-bond donors (Lipinski definition) is 3. The molecule has 1 aromatic carbocycles. The molecule has 10 heteroatoms. The number of halogens is 1. The fraction of sp³-hybridized carbons (Fsp3) is 0.474. The first-order valence-electron chi connectivity index (χ1n) is 9.14. The van der Waals surface area contributed by atoms with Crippen molar-refractivity contribution in [1.29, 1.82) is 0 Å². The summed E-state index contributed by atoms with van der Waals surface area (Å²) in [7, 11) is -1.67. The number of sulfonamides is 1. The maximum atomic E-state index is 12.3. The van der Waals surface area contributed by atoms with Crippen LogP contribution in [0, 0.1) is 13.8 Å². The van der Waals surface area contributed by atoms with E-state index >= 15 is 0 Å². The second-order valence-electron chi connectivity index (χ2n) is 6.83. The standard InChI is InChI=1S/C19H29N5O2S2.HI/c1-13(2)24-28(25,26)12-17-9-7-6-8-16(17)10-21-19(20-5)22-11-18-23-14(3)15(4)27-18;/h6-9,13,24H,10-12H2,1-5H3,(H2,20,21,22);1H. The third-order valence-electron chi connectivity index (χ3n) is 4.03. The van der Waals surface area contributed by atoms with Crippen LogP contribution in [0.5, 0.6) is 0 Å². The van der Waals surface area contributed by atoms with Crippen molar-refractivity contribution < 1.29 is 8.42 Å². The highest BCUT2D eigenvalue weighted by atomic mass is 127. The molecule has 0 aliphatic carbocycles. The molecule has 0 amide bonds. The van der Waals surface area contributed by atoms with Crippen LogP contribution < -0.4 is 15.4 Å². The van der Waals surface area contributed by atoms with Crippen molar-refractivity contribution in [1.82, 2.24) is 20.3 Å². The van der Waals surface area contributed by atoms with Crippen molar-refractivity contribution in [2.45, 2.75) is 52.6 Å². The zero-order valence-electron chi connectivity index (χ0n) is 17.4. The normalized spacial score (nSPS) is 12.0. The molecule has 0 radical (unpaired) electrons. The third-order valence-corrected chi connectivity index (χ3v) is 6.62. The Morgan fingerprint density at radius 2 is 1.76 bits per heavy atom. The summed E-state index contributed by atoms with van der Waals surface area (Å²) in [6.07, 6.45) is 0. The van der Waals surface area contributed by atoms with Crippen LogP contribution in [0.3, 0.4) is 0 Å². The summed E-state index contributed by atoms with van der Waals surface area (Å²) in [4.78, 5) is 9.96. The van der Waals surface area contributed by atoms with E-state index < -0.39 is 10.0 Å². The van der Waals surface area contributed by atoms with Gasteiger partial charge in [0.25, 0.3) is 0 Å².